The van der Waals surface area contributed by atoms with Crippen molar-refractivity contribution >= 4 is 0 Å². The molecule has 1 aromatic heterocycles. The zero-order valence-electron chi connectivity index (χ0n) is 8.99. The van der Waals surface area contributed by atoms with Crippen LogP contribution in [0.5, 0.6) is 0 Å². The summed E-state index contributed by atoms with van der Waals surface area (Å²) in [6.45, 7) is 7.10. The number of aliphatic hydroxyl groups is 1. The highest BCUT2D eigenvalue weighted by Gasteiger charge is 2.19. The van der Waals surface area contributed by atoms with Crippen LogP contribution in [0.4, 0.5) is 0 Å². The van der Waals surface area contributed by atoms with Gasteiger partial charge >= 0.3 is 0 Å². The van der Waals surface area contributed by atoms with Crippen molar-refractivity contribution in [2.45, 2.75) is 33.9 Å². The van der Waals surface area contributed by atoms with Crippen LogP contribution in [0.2, 0.25) is 0 Å². The Morgan fingerprint density at radius 2 is 2.14 bits per heavy atom. The maximum Gasteiger partial charge on any atom is 0.0991 e. The van der Waals surface area contributed by atoms with Gasteiger partial charge in [0.15, 0.2) is 0 Å². The van der Waals surface area contributed by atoms with Crippen molar-refractivity contribution in [1.82, 2.24) is 15.0 Å². The minimum atomic E-state index is -0.176. The summed E-state index contributed by atoms with van der Waals surface area (Å²) in [6.07, 6.45) is 0. The van der Waals surface area contributed by atoms with E-state index in [9.17, 15) is 0 Å². The lowest BCUT2D eigenvalue weighted by Crippen LogP contribution is -2.25. The first kappa shape index (κ1) is 11.1. The van der Waals surface area contributed by atoms with Gasteiger partial charge in [0.1, 0.15) is 0 Å². The van der Waals surface area contributed by atoms with E-state index < -0.39 is 0 Å². The summed E-state index contributed by atoms with van der Waals surface area (Å²) in [7, 11) is 0. The van der Waals surface area contributed by atoms with Gasteiger partial charge in [0.05, 0.1) is 17.9 Å². The second-order valence-corrected chi connectivity index (χ2v) is 4.31. The molecule has 0 saturated heterocycles. The lowest BCUT2D eigenvalue weighted by atomic mass is 9.95. The summed E-state index contributed by atoms with van der Waals surface area (Å²) in [5.41, 5.74) is 7.12. The van der Waals surface area contributed by atoms with Gasteiger partial charge in [-0.15, -0.1) is 5.10 Å². The minimum Gasteiger partial charge on any atom is -0.396 e. The third kappa shape index (κ3) is 2.30. The van der Waals surface area contributed by atoms with Gasteiger partial charge in [-0.1, -0.05) is 19.1 Å². The summed E-state index contributed by atoms with van der Waals surface area (Å²) < 4.78 is 1.79. The number of aromatic nitrogens is 3. The third-order valence-corrected chi connectivity index (χ3v) is 2.28. The maximum atomic E-state index is 9.12. The first-order valence-corrected chi connectivity index (χ1v) is 4.70. The fraction of sp³-hybridized carbons (Fsp3) is 0.778. The Kier molecular flexibility index (Phi) is 3.23. The molecule has 0 spiro atoms. The molecule has 0 unspecified atom stereocenters. The quantitative estimate of drug-likeness (QED) is 0.717. The van der Waals surface area contributed by atoms with E-state index in [-0.39, 0.29) is 12.0 Å². The summed E-state index contributed by atoms with van der Waals surface area (Å²) >= 11 is 0. The summed E-state index contributed by atoms with van der Waals surface area (Å²) in [4.78, 5) is 0. The number of hydrogen-bond acceptors (Lipinski definition) is 4. The molecule has 0 bridgehead atoms. The molecule has 80 valence electrons. The molecule has 1 aromatic rings. The zero-order valence-corrected chi connectivity index (χ0v) is 8.99. The molecular formula is C9H18N4O. The fourth-order valence-corrected chi connectivity index (χ4v) is 1.19. The second-order valence-electron chi connectivity index (χ2n) is 4.31. The molecule has 0 radical (unpaired) electrons. The molecule has 0 amide bonds. The molecule has 1 heterocycles. The molecule has 0 aliphatic carbocycles. The second kappa shape index (κ2) is 4.06. The Morgan fingerprint density at radius 1 is 1.50 bits per heavy atom. The lowest BCUT2D eigenvalue weighted by molar-refractivity contribution is 0.135. The number of nitrogens with zero attached hydrogens (tertiary/aromatic N) is 3. The fourth-order valence-electron chi connectivity index (χ4n) is 1.19. The molecule has 0 atom stereocenters. The molecule has 0 aliphatic heterocycles. The van der Waals surface area contributed by atoms with Crippen molar-refractivity contribution in [3.63, 3.8) is 0 Å². The Bertz CT molecular complexity index is 306. The Hall–Kier alpha value is -0.940. The van der Waals surface area contributed by atoms with E-state index in [1.54, 1.807) is 4.68 Å². The van der Waals surface area contributed by atoms with Crippen LogP contribution in [0.3, 0.4) is 0 Å². The average molecular weight is 198 g/mol. The smallest absolute Gasteiger partial charge is 0.0991 e. The lowest BCUT2D eigenvalue weighted by Gasteiger charge is -2.21. The summed E-state index contributed by atoms with van der Waals surface area (Å²) in [6, 6.07) is 0. The van der Waals surface area contributed by atoms with Crippen LogP contribution >= 0.6 is 0 Å². The van der Waals surface area contributed by atoms with Crippen molar-refractivity contribution in [3.8, 4) is 0 Å². The average Bonchev–Trinajstić information content (AvgIpc) is 2.47. The van der Waals surface area contributed by atoms with Crippen LogP contribution in [-0.4, -0.2) is 26.7 Å². The van der Waals surface area contributed by atoms with Gasteiger partial charge in [-0.25, -0.2) is 4.68 Å². The minimum absolute atomic E-state index is 0.129. The number of aliphatic hydroxyl groups excluding tert-OH is 1. The third-order valence-electron chi connectivity index (χ3n) is 2.28. The Labute approximate surface area is 83.9 Å². The highest BCUT2D eigenvalue weighted by Crippen LogP contribution is 2.17. The van der Waals surface area contributed by atoms with E-state index in [2.05, 4.69) is 10.3 Å². The van der Waals surface area contributed by atoms with Gasteiger partial charge in [0.2, 0.25) is 0 Å². The van der Waals surface area contributed by atoms with Gasteiger partial charge in [0, 0.05) is 18.6 Å². The predicted octanol–water partition coefficient (Wildman–Crippen LogP) is 0.0637. The topological polar surface area (TPSA) is 77.0 Å². The number of rotatable bonds is 4. The maximum absolute atomic E-state index is 9.12. The zero-order chi connectivity index (χ0) is 10.8. The first-order valence-electron chi connectivity index (χ1n) is 4.70. The van der Waals surface area contributed by atoms with Crippen LogP contribution < -0.4 is 5.73 Å². The van der Waals surface area contributed by atoms with E-state index in [0.29, 0.717) is 13.1 Å². The van der Waals surface area contributed by atoms with Crippen LogP contribution in [0, 0.1) is 12.3 Å². The van der Waals surface area contributed by atoms with Gasteiger partial charge in [-0.2, -0.15) is 0 Å². The van der Waals surface area contributed by atoms with Gasteiger partial charge < -0.3 is 10.8 Å². The van der Waals surface area contributed by atoms with Gasteiger partial charge in [0.25, 0.3) is 0 Å². The van der Waals surface area contributed by atoms with E-state index >= 15 is 0 Å². The summed E-state index contributed by atoms with van der Waals surface area (Å²) in [5, 5.41) is 17.1. The number of nitrogens with two attached hydrogens (primary N) is 1. The Morgan fingerprint density at radius 3 is 2.57 bits per heavy atom. The van der Waals surface area contributed by atoms with Crippen molar-refractivity contribution < 1.29 is 5.11 Å². The van der Waals surface area contributed by atoms with E-state index in [1.165, 1.54) is 0 Å². The molecule has 0 aliphatic rings. The van der Waals surface area contributed by atoms with E-state index in [1.807, 2.05) is 20.8 Å². The van der Waals surface area contributed by atoms with Crippen molar-refractivity contribution in [1.29, 1.82) is 0 Å². The molecule has 3 N–H and O–H groups in total. The predicted molar refractivity (Wildman–Crippen MR) is 53.5 cm³/mol. The SMILES string of the molecule is Cc1c(CN)nnn1CC(C)(C)CO. The van der Waals surface area contributed by atoms with E-state index in [4.69, 9.17) is 10.8 Å². The largest absolute Gasteiger partial charge is 0.396 e. The molecule has 5 heteroatoms. The van der Waals surface area contributed by atoms with Crippen molar-refractivity contribution in [2.75, 3.05) is 6.61 Å². The van der Waals surface area contributed by atoms with Crippen LogP contribution in [-0.2, 0) is 13.1 Å². The highest BCUT2D eigenvalue weighted by molar-refractivity contribution is 5.07. The van der Waals surface area contributed by atoms with Crippen molar-refractivity contribution in [2.24, 2.45) is 11.1 Å². The van der Waals surface area contributed by atoms with Crippen LogP contribution in [0.1, 0.15) is 25.2 Å². The molecule has 14 heavy (non-hydrogen) atoms. The van der Waals surface area contributed by atoms with Gasteiger partial charge in [-0.05, 0) is 6.92 Å². The molecule has 1 rings (SSSR count). The molecular weight excluding hydrogens is 180 g/mol. The van der Waals surface area contributed by atoms with Crippen molar-refractivity contribution in [3.05, 3.63) is 11.4 Å². The standard InChI is InChI=1S/C9H18N4O/c1-7-8(4-10)11-12-13(7)5-9(2,3)6-14/h14H,4-6,10H2,1-3H3. The number of hydrogen-bond donors (Lipinski definition) is 2. The Balaban J connectivity index is 2.82. The van der Waals surface area contributed by atoms with Gasteiger partial charge in [-0.3, -0.25) is 0 Å². The van der Waals surface area contributed by atoms with Crippen LogP contribution in [0.25, 0.3) is 0 Å². The highest BCUT2D eigenvalue weighted by atomic mass is 16.3. The van der Waals surface area contributed by atoms with E-state index in [0.717, 1.165) is 11.4 Å². The molecule has 5 nitrogen and oxygen atoms in total. The molecule has 0 aromatic carbocycles. The monoisotopic (exact) mass is 198 g/mol. The normalized spacial score (nSPS) is 12.1. The van der Waals surface area contributed by atoms with Crippen LogP contribution in [0.15, 0.2) is 0 Å². The first-order chi connectivity index (χ1) is 6.50. The molecule has 0 fully saturated rings. The summed E-state index contributed by atoms with van der Waals surface area (Å²) in [5.74, 6) is 0. The molecule has 0 saturated carbocycles.